The summed E-state index contributed by atoms with van der Waals surface area (Å²) in [7, 11) is 0. The molecule has 3 amide bonds. The van der Waals surface area contributed by atoms with Gasteiger partial charge in [-0.1, -0.05) is 12.1 Å². The van der Waals surface area contributed by atoms with E-state index in [9.17, 15) is 9.59 Å². The normalized spacial score (nSPS) is 11.7. The van der Waals surface area contributed by atoms with Crippen molar-refractivity contribution >= 4 is 11.9 Å². The van der Waals surface area contributed by atoms with Crippen molar-refractivity contribution in [1.82, 2.24) is 10.6 Å². The minimum Gasteiger partial charge on any atom is -0.467 e. The third kappa shape index (κ3) is 4.37. The fourth-order valence-corrected chi connectivity index (χ4v) is 2.06. The first kappa shape index (κ1) is 15.6. The summed E-state index contributed by atoms with van der Waals surface area (Å²) in [6.45, 7) is 2.30. The monoisotopic (exact) mass is 301 g/mol. The average molecular weight is 301 g/mol. The van der Waals surface area contributed by atoms with Crippen LogP contribution in [0.5, 0.6) is 0 Å². The third-order valence-electron chi connectivity index (χ3n) is 3.23. The number of benzene rings is 1. The molecule has 2 rings (SSSR count). The molecule has 0 fully saturated rings. The molecule has 0 saturated carbocycles. The Morgan fingerprint density at radius 2 is 2.09 bits per heavy atom. The van der Waals surface area contributed by atoms with E-state index in [2.05, 4.69) is 10.6 Å². The van der Waals surface area contributed by atoms with Crippen molar-refractivity contribution in [2.24, 2.45) is 5.73 Å². The number of nitrogens with one attached hydrogen (secondary N) is 2. The summed E-state index contributed by atoms with van der Waals surface area (Å²) >= 11 is 0. The first-order chi connectivity index (χ1) is 10.6. The number of hydrogen-bond acceptors (Lipinski definition) is 3. The molecule has 1 aromatic carbocycles. The van der Waals surface area contributed by atoms with Gasteiger partial charge in [-0.2, -0.15) is 0 Å². The molecule has 0 aliphatic heterocycles. The fourth-order valence-electron chi connectivity index (χ4n) is 2.06. The summed E-state index contributed by atoms with van der Waals surface area (Å²) in [4.78, 5) is 22.9. The van der Waals surface area contributed by atoms with Crippen molar-refractivity contribution in [3.8, 4) is 0 Å². The number of nitrogens with two attached hydrogens (primary N) is 1. The van der Waals surface area contributed by atoms with Crippen molar-refractivity contribution in [2.75, 3.05) is 6.54 Å². The summed E-state index contributed by atoms with van der Waals surface area (Å²) in [6, 6.07) is 10.2. The van der Waals surface area contributed by atoms with Gasteiger partial charge in [-0.05, 0) is 43.2 Å². The molecule has 1 atom stereocenters. The standard InChI is InChI=1S/C16H19N3O3/c1-11(14-6-3-9-22-14)19-16(21)18-8-7-12-4-2-5-13(10-12)15(17)20/h2-6,9-11H,7-8H2,1H3,(H2,17,20)(H2,18,19,21). The Balaban J connectivity index is 1.77. The van der Waals surface area contributed by atoms with Crippen LogP contribution in [0.15, 0.2) is 47.1 Å². The van der Waals surface area contributed by atoms with Crippen LogP contribution in [0.4, 0.5) is 4.79 Å². The average Bonchev–Trinajstić information content (AvgIpc) is 3.02. The van der Waals surface area contributed by atoms with Crippen LogP contribution in [0, 0.1) is 0 Å². The van der Waals surface area contributed by atoms with Crippen molar-refractivity contribution in [3.05, 3.63) is 59.5 Å². The largest absolute Gasteiger partial charge is 0.467 e. The number of amides is 3. The quantitative estimate of drug-likeness (QED) is 0.761. The molecule has 22 heavy (non-hydrogen) atoms. The predicted octanol–water partition coefficient (Wildman–Crippen LogP) is 1.98. The van der Waals surface area contributed by atoms with Crippen molar-refractivity contribution in [2.45, 2.75) is 19.4 Å². The molecule has 2 aromatic rings. The molecule has 0 bridgehead atoms. The second-order valence-electron chi connectivity index (χ2n) is 4.95. The third-order valence-corrected chi connectivity index (χ3v) is 3.23. The van der Waals surface area contributed by atoms with E-state index in [0.717, 1.165) is 5.56 Å². The highest BCUT2D eigenvalue weighted by Crippen LogP contribution is 2.11. The molecule has 1 unspecified atom stereocenters. The summed E-state index contributed by atoms with van der Waals surface area (Å²) in [5.41, 5.74) is 6.64. The Hall–Kier alpha value is -2.76. The summed E-state index contributed by atoms with van der Waals surface area (Å²) in [5.74, 6) is 0.240. The lowest BCUT2D eigenvalue weighted by Gasteiger charge is -2.12. The van der Waals surface area contributed by atoms with Gasteiger partial charge in [0, 0.05) is 12.1 Å². The summed E-state index contributed by atoms with van der Waals surface area (Å²) in [6.07, 6.45) is 2.18. The number of primary amides is 1. The number of carbonyl (C=O) groups is 2. The Morgan fingerprint density at radius 1 is 1.27 bits per heavy atom. The summed E-state index contributed by atoms with van der Waals surface area (Å²) < 4.78 is 5.22. The van der Waals surface area contributed by atoms with Gasteiger partial charge in [0.2, 0.25) is 5.91 Å². The second-order valence-corrected chi connectivity index (χ2v) is 4.95. The minimum atomic E-state index is -0.458. The van der Waals surface area contributed by atoms with Crippen LogP contribution in [0.2, 0.25) is 0 Å². The van der Waals surface area contributed by atoms with Gasteiger partial charge in [-0.15, -0.1) is 0 Å². The van der Waals surface area contributed by atoms with E-state index in [-0.39, 0.29) is 12.1 Å². The zero-order valence-electron chi connectivity index (χ0n) is 12.3. The Bertz CT molecular complexity index is 638. The number of rotatable bonds is 6. The molecular weight excluding hydrogens is 282 g/mol. The SMILES string of the molecule is CC(NC(=O)NCCc1cccc(C(N)=O)c1)c1ccco1. The van der Waals surface area contributed by atoms with E-state index >= 15 is 0 Å². The first-order valence-corrected chi connectivity index (χ1v) is 7.03. The van der Waals surface area contributed by atoms with Gasteiger partial charge in [0.1, 0.15) is 5.76 Å². The zero-order chi connectivity index (χ0) is 15.9. The molecule has 0 aliphatic rings. The Kier molecular flexibility index (Phi) is 5.19. The van der Waals surface area contributed by atoms with E-state index in [1.165, 1.54) is 0 Å². The molecule has 116 valence electrons. The smallest absolute Gasteiger partial charge is 0.315 e. The van der Waals surface area contributed by atoms with Crippen molar-refractivity contribution < 1.29 is 14.0 Å². The van der Waals surface area contributed by atoms with E-state index in [1.807, 2.05) is 13.0 Å². The molecule has 6 nitrogen and oxygen atoms in total. The van der Waals surface area contributed by atoms with Gasteiger partial charge in [0.25, 0.3) is 0 Å². The summed E-state index contributed by atoms with van der Waals surface area (Å²) in [5, 5.41) is 5.55. The maximum atomic E-state index is 11.8. The van der Waals surface area contributed by atoms with Gasteiger partial charge in [0.05, 0.1) is 12.3 Å². The van der Waals surface area contributed by atoms with E-state index in [4.69, 9.17) is 10.2 Å². The Morgan fingerprint density at radius 3 is 2.77 bits per heavy atom. The molecule has 1 aromatic heterocycles. The fraction of sp³-hybridized carbons (Fsp3) is 0.250. The first-order valence-electron chi connectivity index (χ1n) is 7.03. The number of hydrogen-bond donors (Lipinski definition) is 3. The van der Waals surface area contributed by atoms with Crippen LogP contribution in [-0.2, 0) is 6.42 Å². The van der Waals surface area contributed by atoms with Crippen LogP contribution in [0.25, 0.3) is 0 Å². The molecule has 0 aliphatic carbocycles. The minimum absolute atomic E-state index is 0.201. The van der Waals surface area contributed by atoms with Crippen LogP contribution >= 0.6 is 0 Å². The van der Waals surface area contributed by atoms with E-state index in [1.54, 1.807) is 36.6 Å². The van der Waals surface area contributed by atoms with Crippen LogP contribution in [0.3, 0.4) is 0 Å². The molecule has 1 heterocycles. The van der Waals surface area contributed by atoms with Gasteiger partial charge >= 0.3 is 6.03 Å². The lowest BCUT2D eigenvalue weighted by molar-refractivity contribution is 0.1000. The Labute approximate surface area is 128 Å². The van der Waals surface area contributed by atoms with E-state index < -0.39 is 5.91 Å². The van der Waals surface area contributed by atoms with Crippen LogP contribution in [0.1, 0.15) is 34.6 Å². The molecule has 6 heteroatoms. The van der Waals surface area contributed by atoms with Gasteiger partial charge in [-0.25, -0.2) is 4.79 Å². The predicted molar refractivity (Wildman–Crippen MR) is 82.3 cm³/mol. The van der Waals surface area contributed by atoms with E-state index in [0.29, 0.717) is 24.3 Å². The lowest BCUT2D eigenvalue weighted by atomic mass is 10.1. The molecule has 4 N–H and O–H groups in total. The zero-order valence-corrected chi connectivity index (χ0v) is 12.3. The van der Waals surface area contributed by atoms with Crippen LogP contribution < -0.4 is 16.4 Å². The molecule has 0 radical (unpaired) electrons. The highest BCUT2D eigenvalue weighted by atomic mass is 16.3. The second kappa shape index (κ2) is 7.31. The van der Waals surface area contributed by atoms with Gasteiger partial charge in [0.15, 0.2) is 0 Å². The highest BCUT2D eigenvalue weighted by Gasteiger charge is 2.11. The lowest BCUT2D eigenvalue weighted by Crippen LogP contribution is -2.37. The topological polar surface area (TPSA) is 97.4 Å². The molecule has 0 saturated heterocycles. The number of carbonyl (C=O) groups excluding carboxylic acids is 2. The number of urea groups is 1. The van der Waals surface area contributed by atoms with Crippen molar-refractivity contribution in [3.63, 3.8) is 0 Å². The maximum Gasteiger partial charge on any atom is 0.315 e. The van der Waals surface area contributed by atoms with Gasteiger partial charge < -0.3 is 20.8 Å². The van der Waals surface area contributed by atoms with Gasteiger partial charge in [-0.3, -0.25) is 4.79 Å². The highest BCUT2D eigenvalue weighted by molar-refractivity contribution is 5.92. The van der Waals surface area contributed by atoms with Crippen LogP contribution in [-0.4, -0.2) is 18.5 Å². The molecular formula is C16H19N3O3. The number of furan rings is 1. The van der Waals surface area contributed by atoms with Crippen molar-refractivity contribution in [1.29, 1.82) is 0 Å². The maximum absolute atomic E-state index is 11.8. The molecule has 0 spiro atoms.